The smallest absolute Gasteiger partial charge is 0.114 e. The van der Waals surface area contributed by atoms with Crippen molar-refractivity contribution < 1.29 is 4.84 Å². The topological polar surface area (TPSA) is 21.6 Å². The van der Waals surface area contributed by atoms with Crippen LogP contribution in [0.3, 0.4) is 0 Å². The van der Waals surface area contributed by atoms with Gasteiger partial charge in [0.2, 0.25) is 0 Å². The molecule has 70 valence electrons. The average molecular weight is 177 g/mol. The summed E-state index contributed by atoms with van der Waals surface area (Å²) in [4.78, 5) is 5.03. The van der Waals surface area contributed by atoms with Gasteiger partial charge in [0.25, 0.3) is 0 Å². The minimum atomic E-state index is 0.621. The summed E-state index contributed by atoms with van der Waals surface area (Å²) in [5.74, 6) is 0. The Morgan fingerprint density at radius 3 is 2.46 bits per heavy atom. The van der Waals surface area contributed by atoms with Gasteiger partial charge < -0.3 is 4.84 Å². The summed E-state index contributed by atoms with van der Waals surface area (Å²) in [7, 11) is 0. The largest absolute Gasteiger partial charge is 0.396 e. The van der Waals surface area contributed by atoms with Gasteiger partial charge in [0.1, 0.15) is 6.61 Å². The predicted octanol–water partition coefficient (Wildman–Crippen LogP) is 2.84. The Morgan fingerprint density at radius 2 is 1.92 bits per heavy atom. The lowest BCUT2D eigenvalue weighted by Crippen LogP contribution is -1.99. The van der Waals surface area contributed by atoms with E-state index < -0.39 is 0 Å². The zero-order valence-electron chi connectivity index (χ0n) is 8.16. The molecule has 0 spiro atoms. The van der Waals surface area contributed by atoms with Crippen LogP contribution in [-0.4, -0.2) is 12.3 Å². The van der Waals surface area contributed by atoms with Crippen LogP contribution in [0.25, 0.3) is 0 Å². The zero-order valence-corrected chi connectivity index (χ0v) is 8.16. The van der Waals surface area contributed by atoms with Crippen molar-refractivity contribution in [2.75, 3.05) is 6.61 Å². The molecule has 0 amide bonds. The van der Waals surface area contributed by atoms with E-state index in [1.165, 1.54) is 0 Å². The van der Waals surface area contributed by atoms with Gasteiger partial charge in [-0.15, -0.1) is 0 Å². The van der Waals surface area contributed by atoms with E-state index >= 15 is 0 Å². The number of hydrogen-bond donors (Lipinski definition) is 0. The second-order valence-corrected chi connectivity index (χ2v) is 2.68. The highest BCUT2D eigenvalue weighted by Crippen LogP contribution is 2.04. The molecule has 0 bridgehead atoms. The first kappa shape index (κ1) is 9.78. The highest BCUT2D eigenvalue weighted by molar-refractivity contribution is 5.99. The van der Waals surface area contributed by atoms with E-state index in [0.717, 1.165) is 17.7 Å². The SMILES string of the molecule is CCO/N=C(\CC)c1ccccc1. The first-order valence-corrected chi connectivity index (χ1v) is 4.62. The first-order chi connectivity index (χ1) is 6.38. The molecule has 0 radical (unpaired) electrons. The van der Waals surface area contributed by atoms with Gasteiger partial charge in [0.15, 0.2) is 0 Å². The molecule has 0 N–H and O–H groups in total. The standard InChI is InChI=1S/C11H15NO/c1-3-11(12-13-4-2)10-8-6-5-7-9-10/h5-9H,3-4H2,1-2H3/b12-11+. The van der Waals surface area contributed by atoms with Gasteiger partial charge in [-0.05, 0) is 18.9 Å². The average Bonchev–Trinajstić information content (AvgIpc) is 2.21. The zero-order chi connectivity index (χ0) is 9.52. The Balaban J connectivity index is 2.78. The third kappa shape index (κ3) is 2.90. The lowest BCUT2D eigenvalue weighted by atomic mass is 10.1. The van der Waals surface area contributed by atoms with Crippen LogP contribution in [-0.2, 0) is 4.84 Å². The van der Waals surface area contributed by atoms with E-state index in [4.69, 9.17) is 4.84 Å². The van der Waals surface area contributed by atoms with Crippen molar-refractivity contribution in [3.63, 3.8) is 0 Å². The molecule has 0 atom stereocenters. The minimum absolute atomic E-state index is 0.621. The number of hydrogen-bond acceptors (Lipinski definition) is 2. The summed E-state index contributed by atoms with van der Waals surface area (Å²) < 4.78 is 0. The second kappa shape index (κ2) is 5.36. The molecule has 0 fully saturated rings. The van der Waals surface area contributed by atoms with Crippen molar-refractivity contribution in [2.45, 2.75) is 20.3 Å². The Kier molecular flexibility index (Phi) is 4.03. The molecule has 0 saturated heterocycles. The molecule has 0 aliphatic carbocycles. The van der Waals surface area contributed by atoms with E-state index in [9.17, 15) is 0 Å². The first-order valence-electron chi connectivity index (χ1n) is 4.62. The van der Waals surface area contributed by atoms with Crippen LogP contribution in [0.2, 0.25) is 0 Å². The van der Waals surface area contributed by atoms with Crippen molar-refractivity contribution in [3.8, 4) is 0 Å². The molecule has 0 aromatic heterocycles. The Morgan fingerprint density at radius 1 is 1.23 bits per heavy atom. The van der Waals surface area contributed by atoms with Crippen molar-refractivity contribution in [3.05, 3.63) is 35.9 Å². The summed E-state index contributed by atoms with van der Waals surface area (Å²) >= 11 is 0. The summed E-state index contributed by atoms with van der Waals surface area (Å²) in [6, 6.07) is 10.1. The molecule has 2 heteroatoms. The lowest BCUT2D eigenvalue weighted by Gasteiger charge is -2.02. The lowest BCUT2D eigenvalue weighted by molar-refractivity contribution is 0.158. The third-order valence-corrected chi connectivity index (χ3v) is 1.75. The highest BCUT2D eigenvalue weighted by atomic mass is 16.6. The van der Waals surface area contributed by atoms with Gasteiger partial charge in [0, 0.05) is 0 Å². The summed E-state index contributed by atoms with van der Waals surface area (Å²) in [5, 5.41) is 4.05. The molecule has 1 aromatic rings. The summed E-state index contributed by atoms with van der Waals surface area (Å²) in [6.45, 7) is 4.63. The Bertz CT molecular complexity index is 267. The van der Waals surface area contributed by atoms with Crippen LogP contribution < -0.4 is 0 Å². The highest BCUT2D eigenvalue weighted by Gasteiger charge is 1.99. The maximum Gasteiger partial charge on any atom is 0.114 e. The fraction of sp³-hybridized carbons (Fsp3) is 0.364. The van der Waals surface area contributed by atoms with Crippen LogP contribution >= 0.6 is 0 Å². The molecular weight excluding hydrogens is 162 g/mol. The fourth-order valence-electron chi connectivity index (χ4n) is 1.09. The van der Waals surface area contributed by atoms with E-state index in [1.54, 1.807) is 0 Å². The number of benzene rings is 1. The van der Waals surface area contributed by atoms with Crippen LogP contribution in [0.5, 0.6) is 0 Å². The predicted molar refractivity (Wildman–Crippen MR) is 54.9 cm³/mol. The normalized spacial score (nSPS) is 11.4. The quantitative estimate of drug-likeness (QED) is 0.512. The third-order valence-electron chi connectivity index (χ3n) is 1.75. The van der Waals surface area contributed by atoms with Gasteiger partial charge in [-0.2, -0.15) is 0 Å². The monoisotopic (exact) mass is 177 g/mol. The van der Waals surface area contributed by atoms with Gasteiger partial charge in [-0.3, -0.25) is 0 Å². The van der Waals surface area contributed by atoms with E-state index in [0.29, 0.717) is 6.61 Å². The second-order valence-electron chi connectivity index (χ2n) is 2.68. The molecule has 0 aliphatic rings. The molecule has 13 heavy (non-hydrogen) atoms. The van der Waals surface area contributed by atoms with Crippen molar-refractivity contribution in [2.24, 2.45) is 5.16 Å². The van der Waals surface area contributed by atoms with E-state index in [1.807, 2.05) is 37.3 Å². The molecule has 1 rings (SSSR count). The molecular formula is C11H15NO. The molecule has 2 nitrogen and oxygen atoms in total. The maximum atomic E-state index is 5.03. The van der Waals surface area contributed by atoms with E-state index in [-0.39, 0.29) is 0 Å². The molecule has 1 aromatic carbocycles. The minimum Gasteiger partial charge on any atom is -0.396 e. The van der Waals surface area contributed by atoms with Gasteiger partial charge in [0.05, 0.1) is 5.71 Å². The van der Waals surface area contributed by atoms with Crippen LogP contribution in [0.15, 0.2) is 35.5 Å². The Labute approximate surface area is 79.2 Å². The van der Waals surface area contributed by atoms with Crippen molar-refractivity contribution >= 4 is 5.71 Å². The summed E-state index contributed by atoms with van der Waals surface area (Å²) in [6.07, 6.45) is 0.893. The number of nitrogens with zero attached hydrogens (tertiary/aromatic N) is 1. The van der Waals surface area contributed by atoms with E-state index in [2.05, 4.69) is 12.1 Å². The Hall–Kier alpha value is -1.31. The fourth-order valence-corrected chi connectivity index (χ4v) is 1.09. The summed E-state index contributed by atoms with van der Waals surface area (Å²) in [5.41, 5.74) is 2.14. The van der Waals surface area contributed by atoms with Crippen LogP contribution in [0, 0.1) is 0 Å². The van der Waals surface area contributed by atoms with Gasteiger partial charge in [-0.1, -0.05) is 42.4 Å². The van der Waals surface area contributed by atoms with Crippen molar-refractivity contribution in [1.82, 2.24) is 0 Å². The van der Waals surface area contributed by atoms with Crippen LogP contribution in [0.1, 0.15) is 25.8 Å². The molecule has 0 unspecified atom stereocenters. The van der Waals surface area contributed by atoms with Gasteiger partial charge in [-0.25, -0.2) is 0 Å². The van der Waals surface area contributed by atoms with Crippen molar-refractivity contribution in [1.29, 1.82) is 0 Å². The van der Waals surface area contributed by atoms with Crippen LogP contribution in [0.4, 0.5) is 0 Å². The van der Waals surface area contributed by atoms with Gasteiger partial charge >= 0.3 is 0 Å². The maximum absolute atomic E-state index is 5.03. The number of oxime groups is 1. The molecule has 0 aliphatic heterocycles. The molecule has 0 saturated carbocycles. The molecule has 0 heterocycles. The number of rotatable bonds is 4.